The van der Waals surface area contributed by atoms with E-state index in [-0.39, 0.29) is 11.7 Å². The van der Waals surface area contributed by atoms with E-state index in [1.807, 2.05) is 5.32 Å². The molecule has 3 rings (SSSR count). The first-order valence-corrected chi connectivity index (χ1v) is 13.2. The van der Waals surface area contributed by atoms with Crippen LogP contribution in [0.25, 0.3) is 0 Å². The Bertz CT molecular complexity index is 1150. The van der Waals surface area contributed by atoms with Crippen molar-refractivity contribution in [3.63, 3.8) is 0 Å². The van der Waals surface area contributed by atoms with E-state index in [1.165, 1.54) is 24.3 Å². The van der Waals surface area contributed by atoms with Crippen LogP contribution in [-0.4, -0.2) is 66.9 Å². The SMILES string of the molecule is CC(O)(C(F)F)[C@H](NC(=O)c1ccc(C#Cc2ccc(OC3CCS(O)(O)CC3)cc2)cc1)C(=O)NO. The van der Waals surface area contributed by atoms with Crippen LogP contribution in [0.3, 0.4) is 0 Å². The Kier molecular flexibility index (Phi) is 9.12. The number of rotatable bonds is 7. The minimum atomic E-state index is -3.37. The van der Waals surface area contributed by atoms with Gasteiger partial charge in [-0.2, -0.15) is 10.6 Å². The lowest BCUT2D eigenvalue weighted by molar-refractivity contribution is -0.149. The van der Waals surface area contributed by atoms with Gasteiger partial charge in [0.1, 0.15) is 17.9 Å². The molecule has 0 aliphatic carbocycles. The van der Waals surface area contributed by atoms with Crippen molar-refractivity contribution in [3.05, 3.63) is 65.2 Å². The summed E-state index contributed by atoms with van der Waals surface area (Å²) in [5, 5.41) is 20.7. The van der Waals surface area contributed by atoms with Gasteiger partial charge in [0, 0.05) is 41.0 Å². The number of hydrogen-bond donors (Lipinski definition) is 6. The standard InChI is InChI=1S/C25H28F2N2O7S/c1-25(32,24(26)27)21(23(31)29-33)28-22(30)18-8-4-16(5-9-18)2-3-17-6-10-19(11-7-17)36-20-12-14-37(34,35)15-13-20/h4-11,20-21,24,32-35H,12-15H2,1H3,(H,28,30)(H,29,31)/t21-,25?/m1/s1. The van der Waals surface area contributed by atoms with Gasteiger partial charge in [-0.05, 0) is 55.5 Å². The van der Waals surface area contributed by atoms with Crippen molar-refractivity contribution in [2.75, 3.05) is 11.5 Å². The number of carbonyl (C=O) groups excluding carboxylic acids is 2. The predicted octanol–water partition coefficient (Wildman–Crippen LogP) is 3.00. The zero-order valence-electron chi connectivity index (χ0n) is 19.9. The van der Waals surface area contributed by atoms with Gasteiger partial charge in [0.05, 0.1) is 0 Å². The van der Waals surface area contributed by atoms with Crippen LogP contribution >= 0.6 is 10.6 Å². The Labute approximate surface area is 214 Å². The summed E-state index contributed by atoms with van der Waals surface area (Å²) >= 11 is 0. The average Bonchev–Trinajstić information content (AvgIpc) is 2.87. The molecule has 200 valence electrons. The number of halogens is 2. The monoisotopic (exact) mass is 538 g/mol. The molecule has 6 N–H and O–H groups in total. The third-order valence-corrected chi connectivity index (χ3v) is 7.64. The summed E-state index contributed by atoms with van der Waals surface area (Å²) in [6, 6.07) is 10.8. The molecule has 1 unspecified atom stereocenters. The molecule has 0 bridgehead atoms. The van der Waals surface area contributed by atoms with E-state index in [9.17, 15) is 32.6 Å². The Morgan fingerprint density at radius 3 is 2.03 bits per heavy atom. The van der Waals surface area contributed by atoms with E-state index in [2.05, 4.69) is 11.8 Å². The van der Waals surface area contributed by atoms with E-state index in [1.54, 1.807) is 24.3 Å². The number of aliphatic hydroxyl groups is 1. The van der Waals surface area contributed by atoms with Crippen LogP contribution in [0.5, 0.6) is 5.75 Å². The molecule has 0 radical (unpaired) electrons. The van der Waals surface area contributed by atoms with Crippen LogP contribution in [0.15, 0.2) is 48.5 Å². The molecule has 1 aliphatic rings. The first-order chi connectivity index (χ1) is 17.4. The summed E-state index contributed by atoms with van der Waals surface area (Å²) in [7, 11) is -2.46. The normalized spacial score (nSPS) is 18.5. The summed E-state index contributed by atoms with van der Waals surface area (Å²) in [4.78, 5) is 24.2. The average molecular weight is 539 g/mol. The minimum absolute atomic E-state index is 0.0248. The molecule has 1 aliphatic heterocycles. The molecule has 37 heavy (non-hydrogen) atoms. The lowest BCUT2D eigenvalue weighted by Gasteiger charge is -2.39. The number of nitrogens with one attached hydrogen (secondary N) is 2. The van der Waals surface area contributed by atoms with E-state index in [0.717, 1.165) is 5.48 Å². The third kappa shape index (κ3) is 7.64. The number of alkyl halides is 2. The topological polar surface area (TPSA) is 148 Å². The molecule has 1 saturated heterocycles. The third-order valence-electron chi connectivity index (χ3n) is 5.86. The van der Waals surface area contributed by atoms with Crippen LogP contribution in [0.4, 0.5) is 8.78 Å². The quantitative estimate of drug-likeness (QED) is 0.180. The number of carbonyl (C=O) groups is 2. The fourth-order valence-corrected chi connectivity index (χ4v) is 5.03. The second-order valence-electron chi connectivity index (χ2n) is 8.79. The highest BCUT2D eigenvalue weighted by Gasteiger charge is 2.46. The van der Waals surface area contributed by atoms with Gasteiger partial charge < -0.3 is 15.2 Å². The van der Waals surface area contributed by atoms with E-state index >= 15 is 0 Å². The summed E-state index contributed by atoms with van der Waals surface area (Å²) in [5.41, 5.74) is -0.470. The van der Waals surface area contributed by atoms with Crippen molar-refractivity contribution >= 4 is 22.4 Å². The maximum atomic E-state index is 13.1. The molecule has 2 atom stereocenters. The molecule has 2 amide bonds. The molecule has 1 fully saturated rings. The van der Waals surface area contributed by atoms with Crippen molar-refractivity contribution in [1.82, 2.24) is 10.8 Å². The Morgan fingerprint density at radius 2 is 1.54 bits per heavy atom. The largest absolute Gasteiger partial charge is 0.490 e. The van der Waals surface area contributed by atoms with Crippen LogP contribution < -0.4 is 15.5 Å². The van der Waals surface area contributed by atoms with Gasteiger partial charge in [0.2, 0.25) is 0 Å². The van der Waals surface area contributed by atoms with E-state index < -0.39 is 40.5 Å². The highest BCUT2D eigenvalue weighted by Crippen LogP contribution is 2.44. The highest BCUT2D eigenvalue weighted by atomic mass is 32.3. The molecule has 9 nitrogen and oxygen atoms in total. The smallest absolute Gasteiger partial charge is 0.269 e. The van der Waals surface area contributed by atoms with Gasteiger partial charge in [-0.3, -0.25) is 23.9 Å². The van der Waals surface area contributed by atoms with Gasteiger partial charge >= 0.3 is 0 Å². The van der Waals surface area contributed by atoms with Gasteiger partial charge in [-0.25, -0.2) is 14.3 Å². The molecular formula is C25H28F2N2O7S. The van der Waals surface area contributed by atoms with Crippen molar-refractivity contribution in [2.45, 2.75) is 43.9 Å². The molecule has 1 heterocycles. The van der Waals surface area contributed by atoms with Crippen LogP contribution in [0.1, 0.15) is 41.3 Å². The predicted molar refractivity (Wildman–Crippen MR) is 133 cm³/mol. The van der Waals surface area contributed by atoms with Crippen LogP contribution in [0.2, 0.25) is 0 Å². The first-order valence-electron chi connectivity index (χ1n) is 11.3. The fourth-order valence-electron chi connectivity index (χ4n) is 3.55. The van der Waals surface area contributed by atoms with E-state index in [0.29, 0.717) is 48.1 Å². The molecule has 2 aromatic carbocycles. The van der Waals surface area contributed by atoms with Crippen molar-refractivity contribution in [2.24, 2.45) is 0 Å². The summed E-state index contributed by atoms with van der Waals surface area (Å²) in [6.07, 6.45) is -2.27. The number of benzene rings is 2. The number of ether oxygens (including phenoxy) is 1. The maximum Gasteiger partial charge on any atom is 0.269 e. The van der Waals surface area contributed by atoms with Gasteiger partial charge in [0.15, 0.2) is 5.60 Å². The Balaban J connectivity index is 1.60. The summed E-state index contributed by atoms with van der Waals surface area (Å²) < 4.78 is 51.6. The number of amides is 2. The Morgan fingerprint density at radius 1 is 1.03 bits per heavy atom. The lowest BCUT2D eigenvalue weighted by atomic mass is 9.95. The van der Waals surface area contributed by atoms with Gasteiger partial charge in [-0.1, -0.05) is 11.8 Å². The molecule has 0 aromatic heterocycles. The van der Waals surface area contributed by atoms with Gasteiger partial charge in [-0.15, -0.1) is 0 Å². The van der Waals surface area contributed by atoms with Crippen molar-refractivity contribution in [3.8, 4) is 17.6 Å². The van der Waals surface area contributed by atoms with Crippen LogP contribution in [-0.2, 0) is 4.79 Å². The molecule has 2 aromatic rings. The number of hydrogen-bond acceptors (Lipinski definition) is 7. The molecule has 0 saturated carbocycles. The summed E-state index contributed by atoms with van der Waals surface area (Å²) in [6.45, 7) is 0.669. The maximum absolute atomic E-state index is 13.1. The van der Waals surface area contributed by atoms with Crippen molar-refractivity contribution < 1.29 is 42.5 Å². The van der Waals surface area contributed by atoms with Gasteiger partial charge in [0.25, 0.3) is 18.2 Å². The van der Waals surface area contributed by atoms with E-state index in [4.69, 9.17) is 9.94 Å². The minimum Gasteiger partial charge on any atom is -0.490 e. The van der Waals surface area contributed by atoms with Crippen molar-refractivity contribution in [1.29, 1.82) is 0 Å². The molecule has 12 heteroatoms. The Hall–Kier alpha value is -3.21. The summed E-state index contributed by atoms with van der Waals surface area (Å²) in [5.74, 6) is 4.95. The molecule has 0 spiro atoms. The fraction of sp³-hybridized carbons (Fsp3) is 0.360. The second-order valence-corrected chi connectivity index (χ2v) is 11.2. The second kappa shape index (κ2) is 11.9. The lowest BCUT2D eigenvalue weighted by Crippen LogP contribution is -2.61. The highest BCUT2D eigenvalue weighted by molar-refractivity contribution is 8.24. The zero-order valence-corrected chi connectivity index (χ0v) is 20.7. The zero-order chi connectivity index (χ0) is 27.2. The molecular weight excluding hydrogens is 510 g/mol. The number of hydroxylamine groups is 1. The first kappa shape index (κ1) is 28.4. The van der Waals surface area contributed by atoms with Crippen LogP contribution in [0, 0.1) is 11.8 Å².